The molecule has 0 aliphatic rings. The number of halogens is 1. The van der Waals surface area contributed by atoms with E-state index in [9.17, 15) is 9.59 Å². The van der Waals surface area contributed by atoms with Gasteiger partial charge in [-0.25, -0.2) is 0 Å². The van der Waals surface area contributed by atoms with Gasteiger partial charge < -0.3 is 19.8 Å². The first-order valence-corrected chi connectivity index (χ1v) is 11.0. The van der Waals surface area contributed by atoms with Crippen molar-refractivity contribution in [3.8, 4) is 5.75 Å². The van der Waals surface area contributed by atoms with Crippen LogP contribution >= 0.6 is 15.9 Å². The van der Waals surface area contributed by atoms with Crippen molar-refractivity contribution < 1.29 is 18.7 Å². The average molecular weight is 485 g/mol. The predicted octanol–water partition coefficient (Wildman–Crippen LogP) is 5.33. The summed E-state index contributed by atoms with van der Waals surface area (Å²) in [6.07, 6.45) is 2.36. The van der Waals surface area contributed by atoms with Gasteiger partial charge in [0, 0.05) is 12.2 Å². The molecule has 0 saturated carbocycles. The van der Waals surface area contributed by atoms with Gasteiger partial charge in [-0.05, 0) is 69.9 Å². The molecule has 3 aromatic rings. The minimum Gasteiger partial charge on any atom is -0.494 e. The number of anilines is 1. The van der Waals surface area contributed by atoms with Crippen LogP contribution < -0.4 is 15.4 Å². The summed E-state index contributed by atoms with van der Waals surface area (Å²) in [7, 11) is 0. The summed E-state index contributed by atoms with van der Waals surface area (Å²) in [6, 6.07) is 18.2. The van der Waals surface area contributed by atoms with Crippen LogP contribution in [-0.4, -0.2) is 18.4 Å². The van der Waals surface area contributed by atoms with E-state index in [-0.39, 0.29) is 24.0 Å². The van der Waals surface area contributed by atoms with Crippen molar-refractivity contribution in [2.24, 2.45) is 0 Å². The van der Waals surface area contributed by atoms with Crippen molar-refractivity contribution in [2.75, 3.05) is 11.9 Å². The number of rotatable bonds is 10. The third-order valence-electron chi connectivity index (χ3n) is 4.53. The van der Waals surface area contributed by atoms with Crippen LogP contribution in [0.25, 0.3) is 0 Å². The Labute approximate surface area is 190 Å². The number of furan rings is 1. The molecule has 0 aliphatic carbocycles. The first kappa shape index (κ1) is 22.6. The normalized spacial score (nSPS) is 10.5. The quantitative estimate of drug-likeness (QED) is 0.381. The molecule has 3 rings (SSSR count). The molecule has 1 heterocycles. The van der Waals surface area contributed by atoms with Crippen LogP contribution in [0.1, 0.15) is 41.4 Å². The van der Waals surface area contributed by atoms with E-state index >= 15 is 0 Å². The molecule has 2 amide bonds. The van der Waals surface area contributed by atoms with Crippen LogP contribution in [0.15, 0.2) is 69.8 Å². The molecule has 2 N–H and O–H groups in total. The highest BCUT2D eigenvalue weighted by Gasteiger charge is 2.11. The lowest BCUT2D eigenvalue weighted by Crippen LogP contribution is -2.24. The Morgan fingerprint density at radius 3 is 2.55 bits per heavy atom. The van der Waals surface area contributed by atoms with Gasteiger partial charge in [-0.15, -0.1) is 0 Å². The third kappa shape index (κ3) is 7.29. The van der Waals surface area contributed by atoms with Crippen LogP contribution in [-0.2, 0) is 17.8 Å². The Bertz CT molecular complexity index is 1010. The molecule has 0 radical (unpaired) electrons. The molecule has 0 spiro atoms. The molecule has 31 heavy (non-hydrogen) atoms. The van der Waals surface area contributed by atoms with Gasteiger partial charge in [-0.3, -0.25) is 9.59 Å². The second-order valence-corrected chi connectivity index (χ2v) is 7.84. The molecule has 162 valence electrons. The van der Waals surface area contributed by atoms with Gasteiger partial charge in [-0.1, -0.05) is 37.6 Å². The van der Waals surface area contributed by atoms with Gasteiger partial charge in [0.1, 0.15) is 5.75 Å². The maximum absolute atomic E-state index is 12.3. The second-order valence-electron chi connectivity index (χ2n) is 7.06. The number of benzene rings is 2. The van der Waals surface area contributed by atoms with Gasteiger partial charge >= 0.3 is 0 Å². The van der Waals surface area contributed by atoms with E-state index in [0.29, 0.717) is 23.5 Å². The Kier molecular flexibility index (Phi) is 8.29. The monoisotopic (exact) mass is 484 g/mol. The molecule has 0 saturated heterocycles. The number of carbonyl (C=O) groups is 2. The fraction of sp³-hybridized carbons (Fsp3) is 0.250. The smallest absolute Gasteiger partial charge is 0.291 e. The van der Waals surface area contributed by atoms with Crippen LogP contribution in [0.2, 0.25) is 0 Å². The van der Waals surface area contributed by atoms with Gasteiger partial charge in [0.05, 0.1) is 13.0 Å². The summed E-state index contributed by atoms with van der Waals surface area (Å²) in [5.41, 5.74) is 2.47. The lowest BCUT2D eigenvalue weighted by atomic mass is 10.1. The Balaban J connectivity index is 1.46. The summed E-state index contributed by atoms with van der Waals surface area (Å²) >= 11 is 3.17. The summed E-state index contributed by atoms with van der Waals surface area (Å²) < 4.78 is 11.4. The van der Waals surface area contributed by atoms with E-state index in [1.54, 1.807) is 24.3 Å². The number of hydrogen-bond acceptors (Lipinski definition) is 4. The zero-order valence-electron chi connectivity index (χ0n) is 17.3. The van der Waals surface area contributed by atoms with E-state index in [2.05, 4.69) is 33.5 Å². The molecule has 1 aromatic heterocycles. The summed E-state index contributed by atoms with van der Waals surface area (Å²) in [5.74, 6) is 0.626. The predicted molar refractivity (Wildman–Crippen MR) is 123 cm³/mol. The molecule has 6 nitrogen and oxygen atoms in total. The first-order chi connectivity index (χ1) is 15.0. The number of hydrogen-bond donors (Lipinski definition) is 2. The molecular formula is C24H25BrN2O4. The number of carbonyl (C=O) groups excluding carboxylic acids is 2. The van der Waals surface area contributed by atoms with Gasteiger partial charge in [0.25, 0.3) is 5.91 Å². The van der Waals surface area contributed by atoms with Crippen molar-refractivity contribution in [2.45, 2.75) is 32.7 Å². The fourth-order valence-electron chi connectivity index (χ4n) is 2.86. The minimum absolute atomic E-state index is 0.0745. The maximum Gasteiger partial charge on any atom is 0.291 e. The van der Waals surface area contributed by atoms with Gasteiger partial charge in [0.15, 0.2) is 10.4 Å². The minimum atomic E-state index is -0.336. The van der Waals surface area contributed by atoms with Crippen LogP contribution in [0, 0.1) is 0 Å². The summed E-state index contributed by atoms with van der Waals surface area (Å²) in [4.78, 5) is 24.4. The SMILES string of the molecule is CCCCOc1cccc(CNC(=O)Cc2ccc(NC(=O)c3ccc(Br)o3)cc2)c1. The zero-order valence-corrected chi connectivity index (χ0v) is 18.9. The zero-order chi connectivity index (χ0) is 22.1. The first-order valence-electron chi connectivity index (χ1n) is 10.2. The van der Waals surface area contributed by atoms with Crippen LogP contribution in [0.5, 0.6) is 5.75 Å². The van der Waals surface area contributed by atoms with E-state index in [1.807, 2.05) is 36.4 Å². The molecule has 0 fully saturated rings. The third-order valence-corrected chi connectivity index (χ3v) is 4.95. The number of ether oxygens (including phenoxy) is 1. The van der Waals surface area contributed by atoms with E-state index in [4.69, 9.17) is 9.15 Å². The van der Waals surface area contributed by atoms with E-state index in [0.717, 1.165) is 29.7 Å². The molecule has 0 atom stereocenters. The second kappa shape index (κ2) is 11.4. The highest BCUT2D eigenvalue weighted by atomic mass is 79.9. The Hall–Kier alpha value is -3.06. The van der Waals surface area contributed by atoms with Gasteiger partial charge in [0.2, 0.25) is 5.91 Å². The molecule has 0 bridgehead atoms. The van der Waals surface area contributed by atoms with Crippen molar-refractivity contribution >= 4 is 33.4 Å². The summed E-state index contributed by atoms with van der Waals surface area (Å²) in [5, 5.41) is 5.69. The molecule has 0 aliphatic heterocycles. The molecular weight excluding hydrogens is 460 g/mol. The van der Waals surface area contributed by atoms with Crippen LogP contribution in [0.4, 0.5) is 5.69 Å². The van der Waals surface area contributed by atoms with Crippen LogP contribution in [0.3, 0.4) is 0 Å². The summed E-state index contributed by atoms with van der Waals surface area (Å²) in [6.45, 7) is 3.26. The number of nitrogens with one attached hydrogen (secondary N) is 2. The maximum atomic E-state index is 12.3. The van der Waals surface area contributed by atoms with E-state index in [1.165, 1.54) is 0 Å². The Morgan fingerprint density at radius 1 is 1.03 bits per heavy atom. The standard InChI is InChI=1S/C24H25BrN2O4/c1-2-3-13-30-20-6-4-5-18(14-20)16-26-23(28)15-17-7-9-19(10-8-17)27-24(29)21-11-12-22(25)31-21/h4-12,14H,2-3,13,15-16H2,1H3,(H,26,28)(H,27,29). The molecule has 0 unspecified atom stereocenters. The van der Waals surface area contributed by atoms with Gasteiger partial charge in [-0.2, -0.15) is 0 Å². The van der Waals surface area contributed by atoms with Crippen molar-refractivity contribution in [1.82, 2.24) is 5.32 Å². The highest BCUT2D eigenvalue weighted by molar-refractivity contribution is 9.10. The fourth-order valence-corrected chi connectivity index (χ4v) is 3.17. The highest BCUT2D eigenvalue weighted by Crippen LogP contribution is 2.17. The topological polar surface area (TPSA) is 80.6 Å². The van der Waals surface area contributed by atoms with Crippen molar-refractivity contribution in [1.29, 1.82) is 0 Å². The number of unbranched alkanes of at least 4 members (excludes halogenated alkanes) is 1. The molecule has 2 aromatic carbocycles. The van der Waals surface area contributed by atoms with E-state index < -0.39 is 0 Å². The largest absolute Gasteiger partial charge is 0.494 e. The van der Waals surface area contributed by atoms with Crippen molar-refractivity contribution in [3.63, 3.8) is 0 Å². The molecule has 7 heteroatoms. The average Bonchev–Trinajstić information content (AvgIpc) is 3.21. The lowest BCUT2D eigenvalue weighted by Gasteiger charge is -2.09. The van der Waals surface area contributed by atoms with Crippen molar-refractivity contribution in [3.05, 3.63) is 82.2 Å². The number of amides is 2. The Morgan fingerprint density at radius 2 is 1.84 bits per heavy atom. The lowest BCUT2D eigenvalue weighted by molar-refractivity contribution is -0.120.